The zero-order valence-electron chi connectivity index (χ0n) is 16.0. The fourth-order valence-corrected chi connectivity index (χ4v) is 3.60. The number of pyridine rings is 1. The van der Waals surface area contributed by atoms with E-state index in [9.17, 15) is 14.4 Å². The molecule has 1 unspecified atom stereocenters. The lowest BCUT2D eigenvalue weighted by Gasteiger charge is -2.16. The second-order valence-electron chi connectivity index (χ2n) is 7.16. The van der Waals surface area contributed by atoms with E-state index in [1.165, 1.54) is 33.8 Å². The van der Waals surface area contributed by atoms with Gasteiger partial charge in [-0.3, -0.25) is 14.4 Å². The number of carbonyl (C=O) groups excluding carboxylic acids is 2. The van der Waals surface area contributed by atoms with Crippen molar-refractivity contribution in [1.29, 1.82) is 0 Å². The molecule has 3 aromatic rings. The molecular formula is C21H21N5O3. The lowest BCUT2D eigenvalue weighted by Crippen LogP contribution is -2.31. The maximum absolute atomic E-state index is 13.0. The normalized spacial score (nSPS) is 16.2. The fraction of sp³-hybridized carbons (Fsp3) is 0.238. The third kappa shape index (κ3) is 3.44. The van der Waals surface area contributed by atoms with Crippen LogP contribution < -0.4 is 11.3 Å². The number of hydrogen-bond donors (Lipinski definition) is 1. The van der Waals surface area contributed by atoms with Crippen LogP contribution in [0.5, 0.6) is 0 Å². The summed E-state index contributed by atoms with van der Waals surface area (Å²) in [6.07, 6.45) is 3.57. The van der Waals surface area contributed by atoms with Gasteiger partial charge in [-0.05, 0) is 24.6 Å². The standard InChI is InChI=1S/C21H21N5O3/c1-24-12-15(7-8-18(24)27)21(29)25-10-9-14(13-25)19(28)17-11-23-26(20(17)22)16-5-3-2-4-6-16/h2-8,11-12,14H,9-10,13,22H2,1H3. The highest BCUT2D eigenvalue weighted by Gasteiger charge is 2.33. The van der Waals surface area contributed by atoms with Crippen LogP contribution in [0.25, 0.3) is 5.69 Å². The summed E-state index contributed by atoms with van der Waals surface area (Å²) in [4.78, 5) is 38.9. The van der Waals surface area contributed by atoms with Gasteiger partial charge in [-0.2, -0.15) is 5.10 Å². The SMILES string of the molecule is Cn1cc(C(=O)N2CCC(C(=O)c3cnn(-c4ccccc4)c3N)C2)ccc1=O. The van der Waals surface area contributed by atoms with Crippen molar-refractivity contribution in [3.8, 4) is 5.69 Å². The Hall–Kier alpha value is -3.68. The number of aryl methyl sites for hydroxylation is 1. The summed E-state index contributed by atoms with van der Waals surface area (Å²) in [5, 5.41) is 4.26. The zero-order valence-corrected chi connectivity index (χ0v) is 16.0. The van der Waals surface area contributed by atoms with E-state index in [0.717, 1.165) is 5.69 Å². The van der Waals surface area contributed by atoms with Gasteiger partial charge in [0.1, 0.15) is 5.82 Å². The predicted molar refractivity (Wildman–Crippen MR) is 108 cm³/mol. The number of aromatic nitrogens is 3. The van der Waals surface area contributed by atoms with Gasteiger partial charge in [0.2, 0.25) is 5.56 Å². The van der Waals surface area contributed by atoms with Crippen molar-refractivity contribution in [3.63, 3.8) is 0 Å². The predicted octanol–water partition coefficient (Wildman–Crippen LogP) is 1.50. The van der Waals surface area contributed by atoms with E-state index in [-0.39, 0.29) is 23.2 Å². The molecule has 1 aromatic carbocycles. The summed E-state index contributed by atoms with van der Waals surface area (Å²) < 4.78 is 2.90. The number of benzene rings is 1. The van der Waals surface area contributed by atoms with Crippen molar-refractivity contribution < 1.29 is 9.59 Å². The fourth-order valence-electron chi connectivity index (χ4n) is 3.60. The topological polar surface area (TPSA) is 103 Å². The Labute approximate surface area is 167 Å². The Morgan fingerprint density at radius 2 is 1.90 bits per heavy atom. The third-order valence-corrected chi connectivity index (χ3v) is 5.25. The second-order valence-corrected chi connectivity index (χ2v) is 7.16. The first-order valence-corrected chi connectivity index (χ1v) is 9.35. The average molecular weight is 391 g/mol. The largest absolute Gasteiger partial charge is 0.383 e. The minimum atomic E-state index is -0.331. The molecule has 0 aliphatic carbocycles. The van der Waals surface area contributed by atoms with Crippen molar-refractivity contribution in [2.24, 2.45) is 13.0 Å². The Bertz CT molecular complexity index is 1130. The highest BCUT2D eigenvalue weighted by Crippen LogP contribution is 2.26. The van der Waals surface area contributed by atoms with Gasteiger partial charge < -0.3 is 15.2 Å². The number of carbonyl (C=O) groups is 2. The van der Waals surface area contributed by atoms with Crippen molar-refractivity contribution in [3.05, 3.63) is 76.3 Å². The van der Waals surface area contributed by atoms with Crippen LogP contribution in [0.2, 0.25) is 0 Å². The van der Waals surface area contributed by atoms with Gasteiger partial charge in [0, 0.05) is 38.3 Å². The first kappa shape index (κ1) is 18.7. The van der Waals surface area contributed by atoms with Crippen LogP contribution in [0.3, 0.4) is 0 Å². The Morgan fingerprint density at radius 1 is 1.14 bits per heavy atom. The van der Waals surface area contributed by atoms with Crippen LogP contribution >= 0.6 is 0 Å². The highest BCUT2D eigenvalue weighted by atomic mass is 16.2. The number of Topliss-reactive ketones (excluding diaryl/α,β-unsaturated/α-hetero) is 1. The molecule has 0 saturated carbocycles. The van der Waals surface area contributed by atoms with Crippen molar-refractivity contribution in [2.75, 3.05) is 18.8 Å². The maximum atomic E-state index is 13.0. The molecule has 1 aliphatic heterocycles. The summed E-state index contributed by atoms with van der Waals surface area (Å²) in [6, 6.07) is 12.2. The summed E-state index contributed by atoms with van der Waals surface area (Å²) >= 11 is 0. The summed E-state index contributed by atoms with van der Waals surface area (Å²) in [6.45, 7) is 0.793. The van der Waals surface area contributed by atoms with Crippen LogP contribution in [-0.4, -0.2) is 44.0 Å². The molecule has 1 atom stereocenters. The Morgan fingerprint density at radius 3 is 2.62 bits per heavy atom. The van der Waals surface area contributed by atoms with E-state index >= 15 is 0 Å². The number of nitrogens with two attached hydrogens (primary N) is 1. The van der Waals surface area contributed by atoms with Crippen molar-refractivity contribution >= 4 is 17.5 Å². The molecule has 2 N–H and O–H groups in total. The van der Waals surface area contributed by atoms with Crippen LogP contribution in [0.4, 0.5) is 5.82 Å². The monoisotopic (exact) mass is 391 g/mol. The van der Waals surface area contributed by atoms with Gasteiger partial charge in [-0.15, -0.1) is 0 Å². The molecule has 1 aliphatic rings. The number of nitrogens with zero attached hydrogens (tertiary/aromatic N) is 4. The van der Waals surface area contributed by atoms with Gasteiger partial charge in [0.05, 0.1) is 23.0 Å². The minimum absolute atomic E-state index is 0.111. The molecule has 8 nitrogen and oxygen atoms in total. The van der Waals surface area contributed by atoms with E-state index in [1.54, 1.807) is 11.9 Å². The number of para-hydroxylation sites is 1. The molecule has 4 rings (SSSR count). The van der Waals surface area contributed by atoms with Gasteiger partial charge in [0.15, 0.2) is 5.78 Å². The Balaban J connectivity index is 1.50. The van der Waals surface area contributed by atoms with Crippen LogP contribution in [0, 0.1) is 5.92 Å². The molecule has 148 valence electrons. The van der Waals surface area contributed by atoms with Gasteiger partial charge in [0.25, 0.3) is 5.91 Å². The van der Waals surface area contributed by atoms with Crippen molar-refractivity contribution in [2.45, 2.75) is 6.42 Å². The molecule has 1 saturated heterocycles. The number of hydrogen-bond acceptors (Lipinski definition) is 5. The van der Waals surface area contributed by atoms with Crippen LogP contribution in [-0.2, 0) is 7.05 Å². The van der Waals surface area contributed by atoms with Gasteiger partial charge in [-0.1, -0.05) is 18.2 Å². The first-order valence-electron chi connectivity index (χ1n) is 9.35. The lowest BCUT2D eigenvalue weighted by molar-refractivity contribution is 0.0779. The lowest BCUT2D eigenvalue weighted by atomic mass is 9.98. The zero-order chi connectivity index (χ0) is 20.5. The van der Waals surface area contributed by atoms with E-state index < -0.39 is 0 Å². The molecular weight excluding hydrogens is 370 g/mol. The van der Waals surface area contributed by atoms with Gasteiger partial charge in [-0.25, -0.2) is 4.68 Å². The number of amides is 1. The van der Waals surface area contributed by atoms with Crippen LogP contribution in [0.1, 0.15) is 27.1 Å². The third-order valence-electron chi connectivity index (χ3n) is 5.25. The van der Waals surface area contributed by atoms with Crippen LogP contribution in [0.15, 0.2) is 59.7 Å². The molecule has 1 fully saturated rings. The highest BCUT2D eigenvalue weighted by molar-refractivity contribution is 6.03. The quantitative estimate of drug-likeness (QED) is 0.679. The molecule has 0 spiro atoms. The van der Waals surface area contributed by atoms with Gasteiger partial charge >= 0.3 is 0 Å². The minimum Gasteiger partial charge on any atom is -0.383 e. The molecule has 1 amide bonds. The number of ketones is 1. The number of likely N-dealkylation sites (tertiary alicyclic amines) is 1. The van der Waals surface area contributed by atoms with E-state index in [2.05, 4.69) is 5.10 Å². The average Bonchev–Trinajstić information content (AvgIpc) is 3.37. The molecule has 0 radical (unpaired) electrons. The molecule has 2 aromatic heterocycles. The number of anilines is 1. The first-order chi connectivity index (χ1) is 14.0. The maximum Gasteiger partial charge on any atom is 0.255 e. The smallest absolute Gasteiger partial charge is 0.255 e. The molecule has 0 bridgehead atoms. The van der Waals surface area contributed by atoms with E-state index in [1.807, 2.05) is 30.3 Å². The molecule has 3 heterocycles. The Kier molecular flexibility index (Phi) is 4.75. The molecule has 8 heteroatoms. The number of rotatable bonds is 4. The van der Waals surface area contributed by atoms with Crippen molar-refractivity contribution in [1.82, 2.24) is 19.2 Å². The second kappa shape index (κ2) is 7.38. The molecule has 29 heavy (non-hydrogen) atoms. The summed E-state index contributed by atoms with van der Waals surface area (Å²) in [5.74, 6) is -0.337. The summed E-state index contributed by atoms with van der Waals surface area (Å²) in [7, 11) is 1.60. The number of nitrogen functional groups attached to an aromatic ring is 1. The van der Waals surface area contributed by atoms with E-state index in [0.29, 0.717) is 36.5 Å². The van der Waals surface area contributed by atoms with E-state index in [4.69, 9.17) is 5.73 Å². The summed E-state index contributed by atoms with van der Waals surface area (Å²) in [5.41, 5.74) is 7.59.